The van der Waals surface area contributed by atoms with Crippen molar-refractivity contribution in [1.82, 2.24) is 15.5 Å². The summed E-state index contributed by atoms with van der Waals surface area (Å²) in [6, 6.07) is 0.426. The largest absolute Gasteiger partial charge is 0.339 e. The lowest BCUT2D eigenvalue weighted by Crippen LogP contribution is -2.36. The van der Waals surface area contributed by atoms with Crippen LogP contribution in [0.2, 0.25) is 0 Å². The van der Waals surface area contributed by atoms with Crippen molar-refractivity contribution in [2.24, 2.45) is 5.92 Å². The SMILES string of the molecule is CCCNC(Cc1nc(C2CCCCC2)no1)C(C)C. The number of nitrogens with one attached hydrogen (secondary N) is 1. The van der Waals surface area contributed by atoms with E-state index in [2.05, 4.69) is 36.2 Å². The molecule has 1 aromatic heterocycles. The molecule has 0 amide bonds. The monoisotopic (exact) mass is 279 g/mol. The fraction of sp³-hybridized carbons (Fsp3) is 0.875. The molecule has 1 N–H and O–H groups in total. The zero-order valence-corrected chi connectivity index (χ0v) is 13.2. The zero-order chi connectivity index (χ0) is 14.4. The average molecular weight is 279 g/mol. The van der Waals surface area contributed by atoms with Crippen molar-refractivity contribution in [2.45, 2.75) is 77.7 Å². The topological polar surface area (TPSA) is 51.0 Å². The summed E-state index contributed by atoms with van der Waals surface area (Å²) in [7, 11) is 0. The number of hydrogen-bond donors (Lipinski definition) is 1. The summed E-state index contributed by atoms with van der Waals surface area (Å²) in [5.41, 5.74) is 0. The second-order valence-electron chi connectivity index (χ2n) is 6.39. The van der Waals surface area contributed by atoms with Gasteiger partial charge >= 0.3 is 0 Å². The molecule has 20 heavy (non-hydrogen) atoms. The van der Waals surface area contributed by atoms with Crippen molar-refractivity contribution in [3.05, 3.63) is 11.7 Å². The van der Waals surface area contributed by atoms with Crippen LogP contribution in [0.3, 0.4) is 0 Å². The van der Waals surface area contributed by atoms with Gasteiger partial charge < -0.3 is 9.84 Å². The Balaban J connectivity index is 1.93. The van der Waals surface area contributed by atoms with Gasteiger partial charge in [0.05, 0.1) is 0 Å². The fourth-order valence-corrected chi connectivity index (χ4v) is 2.94. The van der Waals surface area contributed by atoms with Crippen LogP contribution in [0, 0.1) is 5.92 Å². The lowest BCUT2D eigenvalue weighted by atomic mass is 9.89. The molecule has 0 radical (unpaired) electrons. The zero-order valence-electron chi connectivity index (χ0n) is 13.2. The standard InChI is InChI=1S/C16H29N3O/c1-4-10-17-14(12(2)3)11-15-18-16(19-20-15)13-8-6-5-7-9-13/h12-14,17H,4-11H2,1-3H3. The summed E-state index contributed by atoms with van der Waals surface area (Å²) >= 11 is 0. The summed E-state index contributed by atoms with van der Waals surface area (Å²) in [4.78, 5) is 4.65. The van der Waals surface area contributed by atoms with E-state index in [9.17, 15) is 0 Å². The molecular weight excluding hydrogens is 250 g/mol. The summed E-state index contributed by atoms with van der Waals surface area (Å²) in [6.07, 6.45) is 8.42. The second kappa shape index (κ2) is 7.77. The van der Waals surface area contributed by atoms with E-state index in [4.69, 9.17) is 4.52 Å². The molecule has 1 unspecified atom stereocenters. The van der Waals surface area contributed by atoms with Gasteiger partial charge in [-0.2, -0.15) is 4.98 Å². The highest BCUT2D eigenvalue weighted by molar-refractivity contribution is 4.98. The fourth-order valence-electron chi connectivity index (χ4n) is 2.94. The molecule has 1 heterocycles. The van der Waals surface area contributed by atoms with Crippen molar-refractivity contribution in [3.63, 3.8) is 0 Å². The highest BCUT2D eigenvalue weighted by Crippen LogP contribution is 2.30. The molecule has 0 spiro atoms. The van der Waals surface area contributed by atoms with E-state index < -0.39 is 0 Å². The van der Waals surface area contributed by atoms with Crippen LogP contribution in [0.15, 0.2) is 4.52 Å². The van der Waals surface area contributed by atoms with Gasteiger partial charge in [-0.25, -0.2) is 0 Å². The molecule has 4 nitrogen and oxygen atoms in total. The molecule has 0 aromatic carbocycles. The van der Waals surface area contributed by atoms with E-state index in [-0.39, 0.29) is 0 Å². The highest BCUT2D eigenvalue weighted by atomic mass is 16.5. The molecule has 0 bridgehead atoms. The van der Waals surface area contributed by atoms with Crippen LogP contribution in [0.4, 0.5) is 0 Å². The maximum atomic E-state index is 5.48. The Labute approximate surface area is 122 Å². The predicted octanol–water partition coefficient (Wildman–Crippen LogP) is 3.68. The molecule has 2 rings (SSSR count). The van der Waals surface area contributed by atoms with Crippen molar-refractivity contribution >= 4 is 0 Å². The van der Waals surface area contributed by atoms with E-state index in [0.29, 0.717) is 17.9 Å². The predicted molar refractivity (Wildman–Crippen MR) is 80.7 cm³/mol. The number of aromatic nitrogens is 2. The van der Waals surface area contributed by atoms with Crippen LogP contribution < -0.4 is 5.32 Å². The van der Waals surface area contributed by atoms with Gasteiger partial charge in [-0.15, -0.1) is 0 Å². The minimum atomic E-state index is 0.426. The van der Waals surface area contributed by atoms with E-state index in [1.165, 1.54) is 32.1 Å². The smallest absolute Gasteiger partial charge is 0.228 e. The Hall–Kier alpha value is -0.900. The van der Waals surface area contributed by atoms with Crippen LogP contribution >= 0.6 is 0 Å². The van der Waals surface area contributed by atoms with Crippen LogP contribution in [0.25, 0.3) is 0 Å². The molecule has 0 saturated heterocycles. The van der Waals surface area contributed by atoms with E-state index in [1.807, 2.05) is 0 Å². The summed E-state index contributed by atoms with van der Waals surface area (Å²) in [5.74, 6) is 2.85. The third-order valence-corrected chi connectivity index (χ3v) is 4.31. The quantitative estimate of drug-likeness (QED) is 0.827. The van der Waals surface area contributed by atoms with E-state index >= 15 is 0 Å². The average Bonchev–Trinajstić information content (AvgIpc) is 2.92. The van der Waals surface area contributed by atoms with Gasteiger partial charge in [-0.1, -0.05) is 45.2 Å². The minimum absolute atomic E-state index is 0.426. The van der Waals surface area contributed by atoms with Gasteiger partial charge in [0.2, 0.25) is 5.89 Å². The van der Waals surface area contributed by atoms with Crippen LogP contribution in [0.1, 0.15) is 76.9 Å². The minimum Gasteiger partial charge on any atom is -0.339 e. The van der Waals surface area contributed by atoms with Gasteiger partial charge in [0.15, 0.2) is 5.82 Å². The lowest BCUT2D eigenvalue weighted by Gasteiger charge is -2.20. The summed E-state index contributed by atoms with van der Waals surface area (Å²) in [5, 5.41) is 7.80. The van der Waals surface area contributed by atoms with Gasteiger partial charge in [0, 0.05) is 18.4 Å². The van der Waals surface area contributed by atoms with Gasteiger partial charge in [0.1, 0.15) is 0 Å². The molecular formula is C16H29N3O. The van der Waals surface area contributed by atoms with E-state index in [1.54, 1.807) is 0 Å². The Morgan fingerprint density at radius 1 is 1.25 bits per heavy atom. The van der Waals surface area contributed by atoms with Crippen LogP contribution in [-0.2, 0) is 6.42 Å². The molecule has 1 aliphatic carbocycles. The molecule has 1 aliphatic rings. The maximum absolute atomic E-state index is 5.48. The summed E-state index contributed by atoms with van der Waals surface area (Å²) < 4.78 is 5.48. The number of hydrogen-bond acceptors (Lipinski definition) is 4. The molecule has 4 heteroatoms. The first-order valence-corrected chi connectivity index (χ1v) is 8.26. The highest BCUT2D eigenvalue weighted by Gasteiger charge is 2.22. The first-order chi connectivity index (χ1) is 9.70. The number of rotatable bonds is 7. The lowest BCUT2D eigenvalue weighted by molar-refractivity contribution is 0.321. The number of nitrogens with zero attached hydrogens (tertiary/aromatic N) is 2. The second-order valence-corrected chi connectivity index (χ2v) is 6.39. The van der Waals surface area contributed by atoms with Crippen LogP contribution in [-0.4, -0.2) is 22.7 Å². The normalized spacial score (nSPS) is 18.6. The van der Waals surface area contributed by atoms with Crippen molar-refractivity contribution in [1.29, 1.82) is 0 Å². The molecule has 1 atom stereocenters. The Bertz CT molecular complexity index is 383. The Morgan fingerprint density at radius 2 is 2.00 bits per heavy atom. The maximum Gasteiger partial charge on any atom is 0.228 e. The first kappa shape index (κ1) is 15.5. The third kappa shape index (κ3) is 4.30. The van der Waals surface area contributed by atoms with Gasteiger partial charge in [-0.05, 0) is 31.7 Å². The van der Waals surface area contributed by atoms with Gasteiger partial charge in [-0.3, -0.25) is 0 Å². The van der Waals surface area contributed by atoms with E-state index in [0.717, 1.165) is 31.1 Å². The third-order valence-electron chi connectivity index (χ3n) is 4.31. The van der Waals surface area contributed by atoms with Crippen molar-refractivity contribution in [2.75, 3.05) is 6.54 Å². The first-order valence-electron chi connectivity index (χ1n) is 8.26. The Morgan fingerprint density at radius 3 is 2.65 bits per heavy atom. The molecule has 0 aliphatic heterocycles. The summed E-state index contributed by atoms with van der Waals surface area (Å²) in [6.45, 7) is 7.72. The van der Waals surface area contributed by atoms with Crippen LogP contribution in [0.5, 0.6) is 0 Å². The Kier molecular flexibility index (Phi) is 6.02. The van der Waals surface area contributed by atoms with Gasteiger partial charge in [0.25, 0.3) is 0 Å². The molecule has 1 aromatic rings. The van der Waals surface area contributed by atoms with Crippen molar-refractivity contribution in [3.8, 4) is 0 Å². The molecule has 1 saturated carbocycles. The van der Waals surface area contributed by atoms with Crippen molar-refractivity contribution < 1.29 is 4.52 Å². The molecule has 114 valence electrons. The molecule has 1 fully saturated rings.